The van der Waals surface area contributed by atoms with Gasteiger partial charge in [0.15, 0.2) is 0 Å². The van der Waals surface area contributed by atoms with Crippen LogP contribution in [0, 0.1) is 12.8 Å². The van der Waals surface area contributed by atoms with Crippen molar-refractivity contribution < 1.29 is 9.59 Å². The molecule has 0 saturated carbocycles. The molecule has 0 radical (unpaired) electrons. The lowest BCUT2D eigenvalue weighted by Gasteiger charge is -2.36. The monoisotopic (exact) mass is 423 g/mol. The zero-order valence-corrected chi connectivity index (χ0v) is 18.4. The van der Waals surface area contributed by atoms with Crippen LogP contribution in [0.4, 0.5) is 10.5 Å². The first-order chi connectivity index (χ1) is 15.1. The van der Waals surface area contributed by atoms with Gasteiger partial charge >= 0.3 is 6.03 Å². The number of piperidine rings is 2. The SMILES string of the molecule is Cc1c(N2CCC(=O)NC2=O)ccc2c1ccn2C1CCN(CC2CCNCC2)CC1. The predicted octanol–water partition coefficient (Wildman–Crippen LogP) is 3.03. The Bertz CT molecular complexity index is 970. The molecule has 31 heavy (non-hydrogen) atoms. The second-order valence-electron chi connectivity index (χ2n) is 9.35. The van der Waals surface area contributed by atoms with Crippen LogP contribution in [0.2, 0.25) is 0 Å². The van der Waals surface area contributed by atoms with Crippen molar-refractivity contribution in [2.45, 2.75) is 45.1 Å². The van der Waals surface area contributed by atoms with E-state index in [4.69, 9.17) is 0 Å². The second-order valence-corrected chi connectivity index (χ2v) is 9.35. The van der Waals surface area contributed by atoms with Crippen LogP contribution in [0.3, 0.4) is 0 Å². The molecule has 3 aliphatic heterocycles. The second kappa shape index (κ2) is 8.63. The van der Waals surface area contributed by atoms with E-state index >= 15 is 0 Å². The highest BCUT2D eigenvalue weighted by Gasteiger charge is 2.27. The molecule has 7 nitrogen and oxygen atoms in total. The molecular formula is C24H33N5O2. The van der Waals surface area contributed by atoms with E-state index in [-0.39, 0.29) is 11.9 Å². The fourth-order valence-electron chi connectivity index (χ4n) is 5.59. The summed E-state index contributed by atoms with van der Waals surface area (Å²) < 4.78 is 2.44. The first-order valence-electron chi connectivity index (χ1n) is 11.7. The summed E-state index contributed by atoms with van der Waals surface area (Å²) in [5, 5.41) is 7.09. The van der Waals surface area contributed by atoms with Crippen molar-refractivity contribution in [1.29, 1.82) is 0 Å². The van der Waals surface area contributed by atoms with Crippen LogP contribution in [0.25, 0.3) is 10.9 Å². The molecule has 3 saturated heterocycles. The van der Waals surface area contributed by atoms with E-state index in [0.29, 0.717) is 19.0 Å². The van der Waals surface area contributed by atoms with Gasteiger partial charge < -0.3 is 14.8 Å². The molecule has 1 aromatic heterocycles. The molecule has 2 aromatic rings. The third kappa shape index (κ3) is 4.08. The third-order valence-corrected chi connectivity index (χ3v) is 7.41. The lowest BCUT2D eigenvalue weighted by Crippen LogP contribution is -2.49. The van der Waals surface area contributed by atoms with E-state index in [0.717, 1.165) is 17.2 Å². The largest absolute Gasteiger partial charge is 0.344 e. The van der Waals surface area contributed by atoms with Crippen molar-refractivity contribution >= 4 is 28.5 Å². The Hall–Kier alpha value is -2.38. The zero-order chi connectivity index (χ0) is 21.4. The van der Waals surface area contributed by atoms with Gasteiger partial charge in [0.25, 0.3) is 0 Å². The topological polar surface area (TPSA) is 69.6 Å². The molecule has 5 rings (SSSR count). The number of carbonyl (C=O) groups is 2. The van der Waals surface area contributed by atoms with Gasteiger partial charge in [0, 0.05) is 61.4 Å². The van der Waals surface area contributed by atoms with Gasteiger partial charge in [0.1, 0.15) is 0 Å². The molecule has 0 spiro atoms. The molecule has 3 aliphatic rings. The Labute approximate surface area is 183 Å². The van der Waals surface area contributed by atoms with Crippen molar-refractivity contribution in [3.8, 4) is 0 Å². The van der Waals surface area contributed by atoms with E-state index in [9.17, 15) is 9.59 Å². The number of fused-ring (bicyclic) bond motifs is 1. The molecule has 0 bridgehead atoms. The van der Waals surface area contributed by atoms with Gasteiger partial charge in [-0.05, 0) is 75.4 Å². The quantitative estimate of drug-likeness (QED) is 0.793. The molecule has 7 heteroatoms. The number of nitrogens with one attached hydrogen (secondary N) is 2. The predicted molar refractivity (Wildman–Crippen MR) is 122 cm³/mol. The van der Waals surface area contributed by atoms with Gasteiger partial charge in [-0.2, -0.15) is 0 Å². The first-order valence-corrected chi connectivity index (χ1v) is 11.7. The van der Waals surface area contributed by atoms with Crippen LogP contribution in [0.5, 0.6) is 0 Å². The number of hydrogen-bond donors (Lipinski definition) is 2. The lowest BCUT2D eigenvalue weighted by molar-refractivity contribution is -0.120. The summed E-state index contributed by atoms with van der Waals surface area (Å²) in [5.41, 5.74) is 3.24. The van der Waals surface area contributed by atoms with Gasteiger partial charge in [-0.3, -0.25) is 15.0 Å². The highest BCUT2D eigenvalue weighted by Crippen LogP contribution is 2.34. The van der Waals surface area contributed by atoms with Crippen LogP contribution in [-0.2, 0) is 4.79 Å². The molecule has 0 unspecified atom stereocenters. The maximum atomic E-state index is 12.3. The number of aryl methyl sites for hydroxylation is 1. The minimum absolute atomic E-state index is 0.197. The standard InChI is InChI=1S/C24H33N5O2/c1-17-20-8-14-28(19-6-12-27(13-7-19)16-18-4-10-25-11-5-18)22(20)3-2-21(17)29-15-9-23(30)26-24(29)31/h2-3,8,14,18-19,25H,4-7,9-13,15-16H2,1H3,(H,26,30,31). The summed E-state index contributed by atoms with van der Waals surface area (Å²) in [6, 6.07) is 6.57. The summed E-state index contributed by atoms with van der Waals surface area (Å²) in [4.78, 5) is 28.1. The van der Waals surface area contributed by atoms with E-state index in [2.05, 4.69) is 45.4 Å². The number of nitrogens with zero attached hydrogens (tertiary/aromatic N) is 3. The third-order valence-electron chi connectivity index (χ3n) is 7.41. The van der Waals surface area contributed by atoms with Crippen LogP contribution in [0.15, 0.2) is 24.4 Å². The Morgan fingerprint density at radius 1 is 1.00 bits per heavy atom. The average Bonchev–Trinajstić information content (AvgIpc) is 3.21. The number of aromatic nitrogens is 1. The van der Waals surface area contributed by atoms with E-state index in [1.165, 1.54) is 69.3 Å². The van der Waals surface area contributed by atoms with E-state index < -0.39 is 0 Å². The summed E-state index contributed by atoms with van der Waals surface area (Å²) in [7, 11) is 0. The first kappa shape index (κ1) is 20.5. The maximum Gasteiger partial charge on any atom is 0.328 e. The molecule has 1 aromatic carbocycles. The number of urea groups is 1. The summed E-state index contributed by atoms with van der Waals surface area (Å²) >= 11 is 0. The highest BCUT2D eigenvalue weighted by molar-refractivity contribution is 6.07. The minimum atomic E-state index is -0.320. The number of likely N-dealkylation sites (tertiary alicyclic amines) is 1. The number of benzene rings is 1. The normalized spacial score (nSPS) is 22.3. The number of imide groups is 1. The molecular weight excluding hydrogens is 390 g/mol. The van der Waals surface area contributed by atoms with E-state index in [1.54, 1.807) is 4.90 Å². The van der Waals surface area contributed by atoms with Crippen molar-refractivity contribution in [2.75, 3.05) is 44.2 Å². The number of hydrogen-bond acceptors (Lipinski definition) is 4. The fourth-order valence-corrected chi connectivity index (χ4v) is 5.59. The zero-order valence-electron chi connectivity index (χ0n) is 18.4. The number of amides is 3. The van der Waals surface area contributed by atoms with Crippen molar-refractivity contribution in [3.63, 3.8) is 0 Å². The lowest BCUT2D eigenvalue weighted by atomic mass is 9.95. The van der Waals surface area contributed by atoms with Crippen molar-refractivity contribution in [1.82, 2.24) is 20.1 Å². The van der Waals surface area contributed by atoms with Crippen molar-refractivity contribution in [2.24, 2.45) is 5.92 Å². The number of rotatable bonds is 4. The Balaban J connectivity index is 1.29. The molecule has 0 aliphatic carbocycles. The van der Waals surface area contributed by atoms with Crippen LogP contribution in [-0.4, -0.2) is 60.7 Å². The number of carbonyl (C=O) groups excluding carboxylic acids is 2. The number of anilines is 1. The molecule has 0 atom stereocenters. The molecule has 4 heterocycles. The minimum Gasteiger partial charge on any atom is -0.344 e. The van der Waals surface area contributed by atoms with Gasteiger partial charge in [-0.25, -0.2) is 4.79 Å². The molecule has 2 N–H and O–H groups in total. The summed E-state index contributed by atoms with van der Waals surface area (Å²) in [5.74, 6) is 0.659. The molecule has 3 fully saturated rings. The van der Waals surface area contributed by atoms with E-state index in [1.807, 2.05) is 6.07 Å². The summed E-state index contributed by atoms with van der Waals surface area (Å²) in [6.07, 6.45) is 7.56. The molecule has 166 valence electrons. The van der Waals surface area contributed by atoms with Crippen LogP contribution in [0.1, 0.15) is 43.7 Å². The van der Waals surface area contributed by atoms with Gasteiger partial charge in [-0.1, -0.05) is 0 Å². The van der Waals surface area contributed by atoms with Crippen LogP contribution >= 0.6 is 0 Å². The van der Waals surface area contributed by atoms with Crippen molar-refractivity contribution in [3.05, 3.63) is 30.0 Å². The summed E-state index contributed by atoms with van der Waals surface area (Å²) in [6.45, 7) is 8.46. The smallest absolute Gasteiger partial charge is 0.328 e. The molecule has 3 amide bonds. The highest BCUT2D eigenvalue weighted by atomic mass is 16.2. The average molecular weight is 424 g/mol. The Morgan fingerprint density at radius 3 is 2.52 bits per heavy atom. The van der Waals surface area contributed by atoms with Gasteiger partial charge in [-0.15, -0.1) is 0 Å². The maximum absolute atomic E-state index is 12.3. The van der Waals surface area contributed by atoms with Gasteiger partial charge in [0.2, 0.25) is 5.91 Å². The Morgan fingerprint density at radius 2 is 1.77 bits per heavy atom. The fraction of sp³-hybridized carbons (Fsp3) is 0.583. The van der Waals surface area contributed by atoms with Crippen LogP contribution < -0.4 is 15.5 Å². The van der Waals surface area contributed by atoms with Gasteiger partial charge in [0.05, 0.1) is 0 Å². The Kier molecular flexibility index (Phi) is 5.71.